The Morgan fingerprint density at radius 1 is 1.21 bits per heavy atom. The van der Waals surface area contributed by atoms with Gasteiger partial charge in [-0.1, -0.05) is 28.4 Å². The SMILES string of the molecule is CNC(C)c1nnn(-c2cc(Cl)c(C)cc2Cl)c1C. The molecule has 1 heterocycles. The van der Waals surface area contributed by atoms with Crippen molar-refractivity contribution in [2.24, 2.45) is 0 Å². The minimum Gasteiger partial charge on any atom is -0.312 e. The van der Waals surface area contributed by atoms with Crippen molar-refractivity contribution in [2.45, 2.75) is 26.8 Å². The standard InChI is InChI=1S/C13H16Cl2N4/c1-7-5-11(15)12(6-10(7)14)19-9(3)13(17-18-19)8(2)16-4/h5-6,8,16H,1-4H3. The zero-order valence-corrected chi connectivity index (χ0v) is 12.8. The van der Waals surface area contributed by atoms with Gasteiger partial charge in [-0.2, -0.15) is 0 Å². The molecule has 2 rings (SSSR count). The van der Waals surface area contributed by atoms with Crippen LogP contribution in [0.15, 0.2) is 12.1 Å². The Hall–Kier alpha value is -1.10. The van der Waals surface area contributed by atoms with E-state index in [1.807, 2.05) is 40.0 Å². The fourth-order valence-corrected chi connectivity index (χ4v) is 2.36. The van der Waals surface area contributed by atoms with Gasteiger partial charge in [0.15, 0.2) is 0 Å². The van der Waals surface area contributed by atoms with Crippen molar-refractivity contribution in [3.05, 3.63) is 39.1 Å². The second kappa shape index (κ2) is 5.49. The van der Waals surface area contributed by atoms with Crippen molar-refractivity contribution in [3.8, 4) is 5.69 Å². The van der Waals surface area contributed by atoms with E-state index >= 15 is 0 Å². The fraction of sp³-hybridized carbons (Fsp3) is 0.385. The van der Waals surface area contributed by atoms with E-state index in [9.17, 15) is 0 Å². The highest BCUT2D eigenvalue weighted by atomic mass is 35.5. The molecule has 1 aromatic heterocycles. The highest BCUT2D eigenvalue weighted by Crippen LogP contribution is 2.29. The van der Waals surface area contributed by atoms with E-state index in [1.54, 1.807) is 4.68 Å². The molecule has 1 atom stereocenters. The molecule has 0 spiro atoms. The third-order valence-electron chi connectivity index (χ3n) is 3.23. The molecular formula is C13H16Cl2N4. The van der Waals surface area contributed by atoms with Gasteiger partial charge in [0, 0.05) is 5.02 Å². The van der Waals surface area contributed by atoms with Gasteiger partial charge in [-0.15, -0.1) is 5.10 Å². The molecule has 102 valence electrons. The van der Waals surface area contributed by atoms with Crippen LogP contribution in [-0.4, -0.2) is 22.0 Å². The van der Waals surface area contributed by atoms with Gasteiger partial charge in [0.25, 0.3) is 0 Å². The Kier molecular flexibility index (Phi) is 4.13. The van der Waals surface area contributed by atoms with Crippen molar-refractivity contribution >= 4 is 23.2 Å². The van der Waals surface area contributed by atoms with Crippen LogP contribution in [0.25, 0.3) is 5.69 Å². The molecule has 1 N–H and O–H groups in total. The summed E-state index contributed by atoms with van der Waals surface area (Å²) < 4.78 is 1.72. The van der Waals surface area contributed by atoms with Crippen LogP contribution in [-0.2, 0) is 0 Å². The third-order valence-corrected chi connectivity index (χ3v) is 3.94. The Balaban J connectivity index is 2.54. The van der Waals surface area contributed by atoms with Gasteiger partial charge >= 0.3 is 0 Å². The van der Waals surface area contributed by atoms with Crippen LogP contribution < -0.4 is 5.32 Å². The number of rotatable bonds is 3. The predicted octanol–water partition coefficient (Wildman–Crippen LogP) is 3.47. The van der Waals surface area contributed by atoms with Gasteiger partial charge in [-0.05, 0) is 45.5 Å². The minimum absolute atomic E-state index is 0.133. The minimum atomic E-state index is 0.133. The second-order valence-corrected chi connectivity index (χ2v) is 5.35. The number of aryl methyl sites for hydroxylation is 1. The Morgan fingerprint density at radius 3 is 2.53 bits per heavy atom. The molecule has 4 nitrogen and oxygen atoms in total. The van der Waals surface area contributed by atoms with Crippen molar-refractivity contribution in [3.63, 3.8) is 0 Å². The van der Waals surface area contributed by atoms with E-state index in [-0.39, 0.29) is 6.04 Å². The summed E-state index contributed by atoms with van der Waals surface area (Å²) in [6.07, 6.45) is 0. The third kappa shape index (κ3) is 2.61. The molecule has 1 unspecified atom stereocenters. The highest BCUT2D eigenvalue weighted by molar-refractivity contribution is 6.35. The van der Waals surface area contributed by atoms with Crippen molar-refractivity contribution in [1.29, 1.82) is 0 Å². The van der Waals surface area contributed by atoms with E-state index < -0.39 is 0 Å². The van der Waals surface area contributed by atoms with E-state index in [1.165, 1.54) is 0 Å². The number of halogens is 2. The van der Waals surface area contributed by atoms with Crippen LogP contribution in [0.5, 0.6) is 0 Å². The molecule has 0 fully saturated rings. The van der Waals surface area contributed by atoms with E-state index in [2.05, 4.69) is 15.6 Å². The number of hydrogen-bond acceptors (Lipinski definition) is 3. The molecule has 0 aliphatic rings. The lowest BCUT2D eigenvalue weighted by molar-refractivity contribution is 0.627. The number of benzene rings is 1. The van der Waals surface area contributed by atoms with Gasteiger partial charge in [-0.3, -0.25) is 0 Å². The van der Waals surface area contributed by atoms with Gasteiger partial charge in [-0.25, -0.2) is 4.68 Å². The summed E-state index contributed by atoms with van der Waals surface area (Å²) in [6, 6.07) is 3.78. The monoisotopic (exact) mass is 298 g/mol. The van der Waals surface area contributed by atoms with E-state index in [4.69, 9.17) is 23.2 Å². The lowest BCUT2D eigenvalue weighted by Crippen LogP contribution is -2.14. The zero-order valence-electron chi connectivity index (χ0n) is 11.3. The smallest absolute Gasteiger partial charge is 0.103 e. The highest BCUT2D eigenvalue weighted by Gasteiger charge is 2.17. The fourth-order valence-electron chi connectivity index (χ4n) is 1.90. The maximum atomic E-state index is 6.27. The molecule has 0 bridgehead atoms. The lowest BCUT2D eigenvalue weighted by atomic mass is 10.2. The largest absolute Gasteiger partial charge is 0.312 e. The van der Waals surface area contributed by atoms with Crippen LogP contribution in [0, 0.1) is 13.8 Å². The molecule has 6 heteroatoms. The number of nitrogens with zero attached hydrogens (tertiary/aromatic N) is 3. The molecule has 2 aromatic rings. The number of aromatic nitrogens is 3. The van der Waals surface area contributed by atoms with Crippen LogP contribution in [0.2, 0.25) is 10.0 Å². The molecule has 0 aliphatic carbocycles. The summed E-state index contributed by atoms with van der Waals surface area (Å²) in [5, 5.41) is 12.8. The summed E-state index contributed by atoms with van der Waals surface area (Å²) in [7, 11) is 1.89. The Bertz CT molecular complexity index is 607. The number of hydrogen-bond donors (Lipinski definition) is 1. The quantitative estimate of drug-likeness (QED) is 0.943. The van der Waals surface area contributed by atoms with Gasteiger partial charge in [0.2, 0.25) is 0 Å². The molecule has 0 radical (unpaired) electrons. The molecule has 0 amide bonds. The molecule has 1 aromatic carbocycles. The molecule has 0 saturated carbocycles. The topological polar surface area (TPSA) is 42.7 Å². The summed E-state index contributed by atoms with van der Waals surface area (Å²) in [5.41, 5.74) is 3.53. The first kappa shape index (κ1) is 14.3. The average Bonchev–Trinajstić information content (AvgIpc) is 2.75. The molecule has 0 aliphatic heterocycles. The van der Waals surface area contributed by atoms with Crippen LogP contribution in [0.1, 0.15) is 29.9 Å². The summed E-state index contributed by atoms with van der Waals surface area (Å²) in [5.74, 6) is 0. The first-order valence-corrected chi connectivity index (χ1v) is 6.76. The average molecular weight is 299 g/mol. The molecular weight excluding hydrogens is 283 g/mol. The summed E-state index contributed by atoms with van der Waals surface area (Å²) in [6.45, 7) is 5.92. The Morgan fingerprint density at radius 2 is 1.89 bits per heavy atom. The van der Waals surface area contributed by atoms with Crippen molar-refractivity contribution in [2.75, 3.05) is 7.05 Å². The van der Waals surface area contributed by atoms with Crippen LogP contribution in [0.3, 0.4) is 0 Å². The van der Waals surface area contributed by atoms with Gasteiger partial charge < -0.3 is 5.32 Å². The second-order valence-electron chi connectivity index (χ2n) is 4.54. The van der Waals surface area contributed by atoms with Crippen LogP contribution in [0.4, 0.5) is 0 Å². The Labute approximate surface area is 122 Å². The summed E-state index contributed by atoms with van der Waals surface area (Å²) in [4.78, 5) is 0. The molecule has 19 heavy (non-hydrogen) atoms. The summed E-state index contributed by atoms with van der Waals surface area (Å²) >= 11 is 12.4. The van der Waals surface area contributed by atoms with Gasteiger partial charge in [0.05, 0.1) is 22.4 Å². The van der Waals surface area contributed by atoms with Gasteiger partial charge in [0.1, 0.15) is 5.69 Å². The number of nitrogens with one attached hydrogen (secondary N) is 1. The maximum Gasteiger partial charge on any atom is 0.103 e. The van der Waals surface area contributed by atoms with Crippen molar-refractivity contribution in [1.82, 2.24) is 20.3 Å². The molecule has 0 saturated heterocycles. The van der Waals surface area contributed by atoms with E-state index in [0.717, 1.165) is 22.6 Å². The first-order valence-electron chi connectivity index (χ1n) is 6.01. The predicted molar refractivity (Wildman–Crippen MR) is 78.3 cm³/mol. The maximum absolute atomic E-state index is 6.27. The lowest BCUT2D eigenvalue weighted by Gasteiger charge is -2.10. The first-order chi connectivity index (χ1) is 8.95. The van der Waals surface area contributed by atoms with Crippen LogP contribution >= 0.6 is 23.2 Å². The normalized spacial score (nSPS) is 12.7. The van der Waals surface area contributed by atoms with E-state index in [0.29, 0.717) is 10.0 Å². The zero-order chi connectivity index (χ0) is 14.2. The van der Waals surface area contributed by atoms with Crippen molar-refractivity contribution < 1.29 is 0 Å².